The van der Waals surface area contributed by atoms with E-state index in [4.69, 9.17) is 0 Å². The summed E-state index contributed by atoms with van der Waals surface area (Å²) in [6, 6.07) is 16.1. The monoisotopic (exact) mass is 450 g/mol. The second-order valence-electron chi connectivity index (χ2n) is 8.39. The fourth-order valence-electron chi connectivity index (χ4n) is 4.12. The number of amides is 1. The molecule has 7 heteroatoms. The summed E-state index contributed by atoms with van der Waals surface area (Å²) in [7, 11) is 2.10. The normalized spacial score (nSPS) is 14.5. The van der Waals surface area contributed by atoms with Gasteiger partial charge < -0.3 is 15.1 Å². The van der Waals surface area contributed by atoms with Gasteiger partial charge in [-0.2, -0.15) is 0 Å². The predicted octanol–water partition coefficient (Wildman–Crippen LogP) is 4.06. The van der Waals surface area contributed by atoms with E-state index in [9.17, 15) is 13.6 Å². The molecule has 1 saturated heterocycles. The number of benzene rings is 2. The quantitative estimate of drug-likeness (QED) is 0.590. The van der Waals surface area contributed by atoms with Gasteiger partial charge in [-0.15, -0.1) is 0 Å². The van der Waals surface area contributed by atoms with Gasteiger partial charge in [0.1, 0.15) is 17.5 Å². The molecule has 1 aromatic heterocycles. The Balaban J connectivity index is 1.41. The minimum Gasteiger partial charge on any atom is -0.354 e. The van der Waals surface area contributed by atoms with Crippen molar-refractivity contribution in [2.45, 2.75) is 12.3 Å². The smallest absolute Gasteiger partial charge is 0.251 e. The van der Waals surface area contributed by atoms with Gasteiger partial charge in [0.2, 0.25) is 0 Å². The summed E-state index contributed by atoms with van der Waals surface area (Å²) in [5.74, 6) is -0.0571. The number of anilines is 1. The molecule has 1 N–H and O–H groups in total. The van der Waals surface area contributed by atoms with Crippen LogP contribution in [0.25, 0.3) is 0 Å². The Bertz CT molecular complexity index is 1020. The number of aromatic nitrogens is 1. The number of halogens is 2. The summed E-state index contributed by atoms with van der Waals surface area (Å²) in [6.07, 6.45) is 2.27. The fourth-order valence-corrected chi connectivity index (χ4v) is 4.12. The molecule has 1 aliphatic rings. The van der Waals surface area contributed by atoms with Crippen molar-refractivity contribution >= 4 is 11.7 Å². The highest BCUT2D eigenvalue weighted by atomic mass is 19.1. The van der Waals surface area contributed by atoms with Crippen LogP contribution in [0.15, 0.2) is 66.9 Å². The zero-order chi connectivity index (χ0) is 23.2. The molecule has 0 bridgehead atoms. The molecule has 1 amide bonds. The third kappa shape index (κ3) is 5.93. The molecule has 0 spiro atoms. The van der Waals surface area contributed by atoms with Crippen molar-refractivity contribution in [3.8, 4) is 0 Å². The Morgan fingerprint density at radius 1 is 0.939 bits per heavy atom. The number of nitrogens with one attached hydrogen (secondary N) is 1. The highest BCUT2D eigenvalue weighted by Gasteiger charge is 2.18. The molecule has 0 saturated carbocycles. The topological polar surface area (TPSA) is 48.5 Å². The summed E-state index contributed by atoms with van der Waals surface area (Å²) in [5.41, 5.74) is 2.40. The van der Waals surface area contributed by atoms with Crippen LogP contribution in [-0.4, -0.2) is 55.6 Å². The van der Waals surface area contributed by atoms with Crippen LogP contribution in [0.3, 0.4) is 0 Å². The van der Waals surface area contributed by atoms with E-state index in [-0.39, 0.29) is 23.5 Å². The van der Waals surface area contributed by atoms with Gasteiger partial charge >= 0.3 is 0 Å². The Morgan fingerprint density at radius 3 is 2.09 bits per heavy atom. The number of likely N-dealkylation sites (N-methyl/N-ethyl adjacent to an activating group) is 1. The molecule has 1 aliphatic heterocycles. The Labute approximate surface area is 193 Å². The van der Waals surface area contributed by atoms with E-state index in [1.54, 1.807) is 36.5 Å². The van der Waals surface area contributed by atoms with Crippen molar-refractivity contribution < 1.29 is 13.6 Å². The van der Waals surface area contributed by atoms with Crippen LogP contribution in [0, 0.1) is 11.6 Å². The van der Waals surface area contributed by atoms with Gasteiger partial charge in [-0.25, -0.2) is 13.8 Å². The third-order valence-electron chi connectivity index (χ3n) is 6.10. The van der Waals surface area contributed by atoms with Crippen LogP contribution in [-0.2, 0) is 0 Å². The zero-order valence-corrected chi connectivity index (χ0v) is 18.7. The van der Waals surface area contributed by atoms with Crippen molar-refractivity contribution in [1.29, 1.82) is 0 Å². The van der Waals surface area contributed by atoms with Crippen LogP contribution in [0.5, 0.6) is 0 Å². The van der Waals surface area contributed by atoms with Crippen LogP contribution >= 0.6 is 0 Å². The largest absolute Gasteiger partial charge is 0.354 e. The van der Waals surface area contributed by atoms with Gasteiger partial charge in [0.25, 0.3) is 5.91 Å². The molecule has 172 valence electrons. The minimum absolute atomic E-state index is 0.0927. The van der Waals surface area contributed by atoms with Gasteiger partial charge in [0.15, 0.2) is 0 Å². The van der Waals surface area contributed by atoms with E-state index in [1.165, 1.54) is 24.3 Å². The molecule has 0 atom stereocenters. The highest BCUT2D eigenvalue weighted by Crippen LogP contribution is 2.28. The van der Waals surface area contributed by atoms with Crippen LogP contribution < -0.4 is 10.2 Å². The number of rotatable bonds is 7. The van der Waals surface area contributed by atoms with Crippen LogP contribution in [0.4, 0.5) is 14.6 Å². The molecular weight excluding hydrogens is 422 g/mol. The minimum atomic E-state index is -0.307. The molecule has 3 aromatic rings. The number of carbonyl (C=O) groups excluding carboxylic acids is 1. The fraction of sp³-hybridized carbons (Fsp3) is 0.308. The molecule has 1 fully saturated rings. The van der Waals surface area contributed by atoms with Crippen molar-refractivity contribution in [2.75, 3.05) is 44.7 Å². The molecular formula is C26H28F2N4O. The van der Waals surface area contributed by atoms with Gasteiger partial charge in [0, 0.05) is 50.4 Å². The van der Waals surface area contributed by atoms with Crippen LogP contribution in [0.1, 0.15) is 33.8 Å². The SMILES string of the molecule is CN1CCN(c2cc(C(=O)NCCC(c3ccc(F)cc3)c3ccc(F)cc3)ccn2)CC1. The Kier molecular flexibility index (Phi) is 7.29. The first-order valence-electron chi connectivity index (χ1n) is 11.2. The summed E-state index contributed by atoms with van der Waals surface area (Å²) < 4.78 is 26.8. The first-order valence-corrected chi connectivity index (χ1v) is 11.2. The van der Waals surface area contributed by atoms with Crippen molar-refractivity contribution in [2.24, 2.45) is 0 Å². The first-order chi connectivity index (χ1) is 16.0. The first kappa shape index (κ1) is 22.9. The number of nitrogens with zero attached hydrogens (tertiary/aromatic N) is 3. The number of pyridine rings is 1. The van der Waals surface area contributed by atoms with E-state index in [0.29, 0.717) is 18.5 Å². The molecule has 0 unspecified atom stereocenters. The lowest BCUT2D eigenvalue weighted by Crippen LogP contribution is -2.44. The number of hydrogen-bond acceptors (Lipinski definition) is 4. The molecule has 0 aliphatic carbocycles. The maximum absolute atomic E-state index is 13.4. The Morgan fingerprint density at radius 2 is 1.52 bits per heavy atom. The Hall–Kier alpha value is -3.32. The van der Waals surface area contributed by atoms with Crippen molar-refractivity contribution in [1.82, 2.24) is 15.2 Å². The molecule has 4 rings (SSSR count). The van der Waals surface area contributed by atoms with E-state index in [2.05, 4.69) is 27.1 Å². The van der Waals surface area contributed by atoms with Gasteiger partial charge in [0.05, 0.1) is 0 Å². The molecule has 33 heavy (non-hydrogen) atoms. The van der Waals surface area contributed by atoms with Gasteiger partial charge in [-0.05, 0) is 61.0 Å². The summed E-state index contributed by atoms with van der Waals surface area (Å²) in [6.45, 7) is 4.11. The summed E-state index contributed by atoms with van der Waals surface area (Å²) in [4.78, 5) is 21.7. The van der Waals surface area contributed by atoms with E-state index < -0.39 is 0 Å². The number of hydrogen-bond donors (Lipinski definition) is 1. The average molecular weight is 451 g/mol. The lowest BCUT2D eigenvalue weighted by atomic mass is 9.88. The molecule has 2 aromatic carbocycles. The third-order valence-corrected chi connectivity index (χ3v) is 6.10. The number of carbonyl (C=O) groups is 1. The lowest BCUT2D eigenvalue weighted by Gasteiger charge is -2.33. The van der Waals surface area contributed by atoms with Crippen molar-refractivity contribution in [3.63, 3.8) is 0 Å². The maximum atomic E-state index is 13.4. The lowest BCUT2D eigenvalue weighted by molar-refractivity contribution is 0.0952. The summed E-state index contributed by atoms with van der Waals surface area (Å²) in [5, 5.41) is 2.99. The standard InChI is InChI=1S/C26H28F2N4O/c1-31-14-16-32(17-15-31)25-18-21(10-12-29-25)26(33)30-13-11-24(19-2-6-22(27)7-3-19)20-4-8-23(28)9-5-20/h2-10,12,18,24H,11,13-17H2,1H3,(H,30,33). The van der Waals surface area contributed by atoms with Crippen LogP contribution in [0.2, 0.25) is 0 Å². The second-order valence-corrected chi connectivity index (χ2v) is 8.39. The highest BCUT2D eigenvalue weighted by molar-refractivity contribution is 5.94. The summed E-state index contributed by atoms with van der Waals surface area (Å²) >= 11 is 0. The molecule has 2 heterocycles. The predicted molar refractivity (Wildman–Crippen MR) is 126 cm³/mol. The maximum Gasteiger partial charge on any atom is 0.251 e. The zero-order valence-electron chi connectivity index (χ0n) is 18.7. The van der Waals surface area contributed by atoms with Crippen molar-refractivity contribution in [3.05, 3.63) is 95.2 Å². The van der Waals surface area contributed by atoms with E-state index in [1.807, 2.05) is 6.07 Å². The van der Waals surface area contributed by atoms with E-state index in [0.717, 1.165) is 43.1 Å². The number of piperazine rings is 1. The van der Waals surface area contributed by atoms with Gasteiger partial charge in [-0.1, -0.05) is 24.3 Å². The van der Waals surface area contributed by atoms with Gasteiger partial charge in [-0.3, -0.25) is 4.79 Å². The molecule has 5 nitrogen and oxygen atoms in total. The van der Waals surface area contributed by atoms with E-state index >= 15 is 0 Å². The average Bonchev–Trinajstić information content (AvgIpc) is 2.84. The molecule has 0 radical (unpaired) electrons. The second kappa shape index (κ2) is 10.5.